The first kappa shape index (κ1) is 12.6. The summed E-state index contributed by atoms with van der Waals surface area (Å²) in [6, 6.07) is 0.681. The van der Waals surface area contributed by atoms with E-state index in [0.29, 0.717) is 6.04 Å². The fourth-order valence-corrected chi connectivity index (χ4v) is 2.47. The molecular formula is C14H25N3. The third kappa shape index (κ3) is 3.56. The van der Waals surface area contributed by atoms with E-state index in [-0.39, 0.29) is 5.54 Å². The van der Waals surface area contributed by atoms with Crippen LogP contribution in [-0.4, -0.2) is 15.1 Å². The molecule has 0 spiro atoms. The molecule has 1 N–H and O–H groups in total. The van der Waals surface area contributed by atoms with Crippen LogP contribution in [-0.2, 0) is 6.54 Å². The Hall–Kier alpha value is -0.830. The zero-order chi connectivity index (χ0) is 12.5. The molecule has 0 aliphatic heterocycles. The molecule has 1 aromatic heterocycles. The van der Waals surface area contributed by atoms with E-state index in [0.717, 1.165) is 18.2 Å². The number of hydrogen-bond acceptors (Lipinski definition) is 2. The number of hydrogen-bond donors (Lipinski definition) is 1. The summed E-state index contributed by atoms with van der Waals surface area (Å²) in [5.74, 6) is 0.874. The highest BCUT2D eigenvalue weighted by Crippen LogP contribution is 2.33. The molecule has 0 saturated heterocycles. The normalized spacial score (nSPS) is 25.4. The molecule has 1 aliphatic carbocycles. The molecule has 3 heteroatoms. The van der Waals surface area contributed by atoms with E-state index >= 15 is 0 Å². The average molecular weight is 235 g/mol. The van der Waals surface area contributed by atoms with E-state index in [9.17, 15) is 0 Å². The van der Waals surface area contributed by atoms with Crippen LogP contribution >= 0.6 is 0 Å². The van der Waals surface area contributed by atoms with Crippen LogP contribution < -0.4 is 5.32 Å². The lowest BCUT2D eigenvalue weighted by Gasteiger charge is -2.19. The minimum absolute atomic E-state index is 0.158. The largest absolute Gasteiger partial charge is 0.334 e. The molecule has 17 heavy (non-hydrogen) atoms. The molecule has 1 saturated carbocycles. The Labute approximate surface area is 105 Å². The Morgan fingerprint density at radius 1 is 1.41 bits per heavy atom. The third-order valence-electron chi connectivity index (χ3n) is 3.54. The van der Waals surface area contributed by atoms with Crippen molar-refractivity contribution >= 4 is 0 Å². The van der Waals surface area contributed by atoms with E-state index < -0.39 is 0 Å². The fraction of sp³-hybridized carbons (Fsp3) is 0.786. The zero-order valence-corrected chi connectivity index (χ0v) is 11.5. The molecule has 0 bridgehead atoms. The van der Waals surface area contributed by atoms with Crippen molar-refractivity contribution in [3.8, 4) is 0 Å². The molecule has 2 atom stereocenters. The van der Waals surface area contributed by atoms with Crippen LogP contribution in [0.15, 0.2) is 12.5 Å². The Morgan fingerprint density at radius 3 is 2.76 bits per heavy atom. The predicted molar refractivity (Wildman–Crippen MR) is 70.9 cm³/mol. The smallest absolute Gasteiger partial charge is 0.0952 e. The molecule has 2 rings (SSSR count). The van der Waals surface area contributed by atoms with Gasteiger partial charge in [0.25, 0.3) is 0 Å². The summed E-state index contributed by atoms with van der Waals surface area (Å²) in [7, 11) is 0. The summed E-state index contributed by atoms with van der Waals surface area (Å²) in [5, 5.41) is 3.48. The van der Waals surface area contributed by atoms with Gasteiger partial charge in [-0.05, 0) is 46.0 Å². The maximum absolute atomic E-state index is 4.49. The number of rotatable bonds is 3. The Morgan fingerprint density at radius 2 is 2.18 bits per heavy atom. The van der Waals surface area contributed by atoms with Gasteiger partial charge in [-0.25, -0.2) is 4.98 Å². The summed E-state index contributed by atoms with van der Waals surface area (Å²) < 4.78 is 2.31. The molecule has 3 nitrogen and oxygen atoms in total. The molecule has 1 heterocycles. The number of nitrogens with zero attached hydrogens (tertiary/aromatic N) is 2. The lowest BCUT2D eigenvalue weighted by atomic mass is 10.1. The van der Waals surface area contributed by atoms with Gasteiger partial charge in [0.05, 0.1) is 12.0 Å². The van der Waals surface area contributed by atoms with Gasteiger partial charge in [-0.1, -0.05) is 6.92 Å². The Balaban J connectivity index is 1.92. The maximum Gasteiger partial charge on any atom is 0.0952 e. The van der Waals surface area contributed by atoms with Crippen LogP contribution in [0.4, 0.5) is 0 Å². The summed E-state index contributed by atoms with van der Waals surface area (Å²) in [6.45, 7) is 9.76. The van der Waals surface area contributed by atoms with Gasteiger partial charge in [-0.2, -0.15) is 0 Å². The molecule has 0 aromatic carbocycles. The van der Waals surface area contributed by atoms with Crippen LogP contribution in [0.2, 0.25) is 0 Å². The van der Waals surface area contributed by atoms with Crippen LogP contribution in [0.1, 0.15) is 58.7 Å². The topological polar surface area (TPSA) is 29.9 Å². The van der Waals surface area contributed by atoms with Gasteiger partial charge >= 0.3 is 0 Å². The van der Waals surface area contributed by atoms with Crippen LogP contribution in [0.5, 0.6) is 0 Å². The summed E-state index contributed by atoms with van der Waals surface area (Å²) in [6.07, 6.45) is 8.19. The highest BCUT2D eigenvalue weighted by Gasteiger charge is 2.22. The van der Waals surface area contributed by atoms with Crippen molar-refractivity contribution < 1.29 is 0 Å². The van der Waals surface area contributed by atoms with E-state index in [1.54, 1.807) is 0 Å². The highest BCUT2D eigenvalue weighted by atomic mass is 15.1. The highest BCUT2D eigenvalue weighted by molar-refractivity contribution is 4.99. The predicted octanol–water partition coefficient (Wildman–Crippen LogP) is 3.13. The van der Waals surface area contributed by atoms with Crippen LogP contribution in [0, 0.1) is 5.92 Å². The van der Waals surface area contributed by atoms with Gasteiger partial charge in [0.2, 0.25) is 0 Å². The zero-order valence-electron chi connectivity index (χ0n) is 11.5. The summed E-state index contributed by atoms with van der Waals surface area (Å²) >= 11 is 0. The van der Waals surface area contributed by atoms with Crippen molar-refractivity contribution in [1.82, 2.24) is 14.9 Å². The number of nitrogens with one attached hydrogen (secondary N) is 1. The molecule has 2 unspecified atom stereocenters. The van der Waals surface area contributed by atoms with E-state index in [4.69, 9.17) is 0 Å². The molecule has 1 fully saturated rings. The van der Waals surface area contributed by atoms with Crippen LogP contribution in [0.25, 0.3) is 0 Å². The Bertz CT molecular complexity index is 362. The minimum Gasteiger partial charge on any atom is -0.334 e. The quantitative estimate of drug-likeness (QED) is 0.872. The molecule has 1 aromatic rings. The first-order chi connectivity index (χ1) is 7.94. The van der Waals surface area contributed by atoms with Gasteiger partial charge < -0.3 is 9.88 Å². The van der Waals surface area contributed by atoms with Gasteiger partial charge in [0.1, 0.15) is 0 Å². The monoisotopic (exact) mass is 235 g/mol. The second-order valence-electron chi connectivity index (χ2n) is 6.49. The molecule has 0 radical (unpaired) electrons. The van der Waals surface area contributed by atoms with Crippen molar-refractivity contribution in [2.24, 2.45) is 5.92 Å². The second-order valence-corrected chi connectivity index (χ2v) is 6.49. The second kappa shape index (κ2) is 4.81. The lowest BCUT2D eigenvalue weighted by Crippen LogP contribution is -2.35. The average Bonchev–Trinajstić information content (AvgIpc) is 2.81. The van der Waals surface area contributed by atoms with Crippen molar-refractivity contribution in [3.05, 3.63) is 18.2 Å². The van der Waals surface area contributed by atoms with Gasteiger partial charge in [0.15, 0.2) is 0 Å². The SMILES string of the molecule is CC1CCC(n2cnc(CNC(C)(C)C)c2)C1. The van der Waals surface area contributed by atoms with E-state index in [2.05, 4.69) is 48.8 Å². The van der Waals surface area contributed by atoms with Crippen molar-refractivity contribution in [2.45, 2.75) is 65.1 Å². The number of aromatic nitrogens is 2. The maximum atomic E-state index is 4.49. The van der Waals surface area contributed by atoms with Gasteiger partial charge in [-0.3, -0.25) is 0 Å². The molecule has 0 amide bonds. The fourth-order valence-electron chi connectivity index (χ4n) is 2.47. The van der Waals surface area contributed by atoms with Crippen molar-refractivity contribution in [2.75, 3.05) is 0 Å². The van der Waals surface area contributed by atoms with Crippen LogP contribution in [0.3, 0.4) is 0 Å². The standard InChI is InChI=1S/C14H25N3/c1-11-5-6-13(7-11)17-9-12(15-10-17)8-16-14(2,3)4/h9-11,13,16H,5-8H2,1-4H3. The molecular weight excluding hydrogens is 210 g/mol. The first-order valence-electron chi connectivity index (χ1n) is 6.71. The van der Waals surface area contributed by atoms with E-state index in [1.807, 2.05) is 6.33 Å². The Kier molecular flexibility index (Phi) is 3.57. The lowest BCUT2D eigenvalue weighted by molar-refractivity contribution is 0.421. The van der Waals surface area contributed by atoms with E-state index in [1.165, 1.54) is 19.3 Å². The third-order valence-corrected chi connectivity index (χ3v) is 3.54. The van der Waals surface area contributed by atoms with Crippen molar-refractivity contribution in [1.29, 1.82) is 0 Å². The summed E-state index contributed by atoms with van der Waals surface area (Å²) in [5.41, 5.74) is 1.31. The molecule has 96 valence electrons. The minimum atomic E-state index is 0.158. The first-order valence-corrected chi connectivity index (χ1v) is 6.71. The van der Waals surface area contributed by atoms with Gasteiger partial charge in [-0.15, -0.1) is 0 Å². The number of imidazole rings is 1. The van der Waals surface area contributed by atoms with Crippen molar-refractivity contribution in [3.63, 3.8) is 0 Å². The van der Waals surface area contributed by atoms with Gasteiger partial charge in [0, 0.05) is 24.3 Å². The molecule has 1 aliphatic rings. The summed E-state index contributed by atoms with van der Waals surface area (Å²) in [4.78, 5) is 4.49.